The number of rotatable bonds is 5. The van der Waals surface area contributed by atoms with Gasteiger partial charge < -0.3 is 14.5 Å². The Labute approximate surface area is 169 Å². The van der Waals surface area contributed by atoms with Crippen molar-refractivity contribution in [3.63, 3.8) is 0 Å². The van der Waals surface area contributed by atoms with Gasteiger partial charge in [0.15, 0.2) is 0 Å². The molecule has 8 nitrogen and oxygen atoms in total. The van der Waals surface area contributed by atoms with Crippen molar-refractivity contribution in [3.05, 3.63) is 54.0 Å². The molecule has 0 saturated carbocycles. The first-order chi connectivity index (χ1) is 14.0. The minimum absolute atomic E-state index is 0.0682. The maximum Gasteiger partial charge on any atom is 0.242 e. The standard InChI is InChI=1S/C21H24N6O2/c1-15-18(13-25(2)24-15)19-8-9-22-21(23-19)27-11-10-26(20(28)14-27)12-16-4-6-17(29-3)7-5-16/h4-9,13H,10-12,14H2,1-3H3. The zero-order valence-corrected chi connectivity index (χ0v) is 16.9. The summed E-state index contributed by atoms with van der Waals surface area (Å²) in [6, 6.07) is 9.67. The van der Waals surface area contributed by atoms with E-state index >= 15 is 0 Å². The minimum atomic E-state index is 0.0682. The lowest BCUT2D eigenvalue weighted by molar-refractivity contribution is -0.131. The third-order valence-electron chi connectivity index (χ3n) is 5.07. The van der Waals surface area contributed by atoms with E-state index in [1.165, 1.54) is 0 Å². The van der Waals surface area contributed by atoms with Crippen molar-refractivity contribution in [1.82, 2.24) is 24.6 Å². The number of ether oxygens (including phenoxy) is 1. The molecule has 1 fully saturated rings. The van der Waals surface area contributed by atoms with Gasteiger partial charge in [0.25, 0.3) is 0 Å². The van der Waals surface area contributed by atoms with Gasteiger partial charge in [-0.2, -0.15) is 5.10 Å². The lowest BCUT2D eigenvalue weighted by Crippen LogP contribution is -2.50. The summed E-state index contributed by atoms with van der Waals surface area (Å²) in [5.74, 6) is 1.45. The van der Waals surface area contributed by atoms with Gasteiger partial charge >= 0.3 is 0 Å². The molecule has 0 unspecified atom stereocenters. The number of carbonyl (C=O) groups excluding carboxylic acids is 1. The fourth-order valence-electron chi connectivity index (χ4n) is 3.50. The van der Waals surface area contributed by atoms with Crippen molar-refractivity contribution in [2.75, 3.05) is 31.6 Å². The highest BCUT2D eigenvalue weighted by Crippen LogP contribution is 2.22. The zero-order valence-electron chi connectivity index (χ0n) is 16.9. The largest absolute Gasteiger partial charge is 0.497 e. The van der Waals surface area contributed by atoms with Crippen LogP contribution < -0.4 is 9.64 Å². The van der Waals surface area contributed by atoms with Gasteiger partial charge in [0.05, 0.1) is 18.5 Å². The topological polar surface area (TPSA) is 76.4 Å². The molecule has 0 aliphatic carbocycles. The number of piperazine rings is 1. The van der Waals surface area contributed by atoms with Gasteiger partial charge in [-0.25, -0.2) is 9.97 Å². The van der Waals surface area contributed by atoms with Crippen LogP contribution >= 0.6 is 0 Å². The van der Waals surface area contributed by atoms with Crippen LogP contribution in [0.2, 0.25) is 0 Å². The van der Waals surface area contributed by atoms with Crippen LogP contribution in [0.15, 0.2) is 42.7 Å². The molecule has 0 N–H and O–H groups in total. The maximum atomic E-state index is 12.7. The highest BCUT2D eigenvalue weighted by molar-refractivity contribution is 5.82. The van der Waals surface area contributed by atoms with Gasteiger partial charge in [-0.15, -0.1) is 0 Å². The number of nitrogens with zero attached hydrogens (tertiary/aromatic N) is 6. The Morgan fingerprint density at radius 2 is 1.93 bits per heavy atom. The molecule has 0 radical (unpaired) electrons. The molecule has 0 bridgehead atoms. The number of aryl methyl sites for hydroxylation is 2. The minimum Gasteiger partial charge on any atom is -0.497 e. The molecule has 1 aromatic carbocycles. The molecule has 1 saturated heterocycles. The summed E-state index contributed by atoms with van der Waals surface area (Å²) in [5.41, 5.74) is 3.78. The average Bonchev–Trinajstić information content (AvgIpc) is 3.08. The van der Waals surface area contributed by atoms with Crippen molar-refractivity contribution in [3.8, 4) is 17.0 Å². The third kappa shape index (κ3) is 4.06. The summed E-state index contributed by atoms with van der Waals surface area (Å²) in [4.78, 5) is 25.6. The highest BCUT2D eigenvalue weighted by Gasteiger charge is 2.26. The molecular weight excluding hydrogens is 368 g/mol. The predicted octanol–water partition coefficient (Wildman–Crippen LogP) is 2.04. The van der Waals surface area contributed by atoms with E-state index in [1.807, 2.05) is 60.3 Å². The molecule has 2 aromatic heterocycles. The number of benzene rings is 1. The van der Waals surface area contributed by atoms with Crippen LogP contribution in [-0.4, -0.2) is 57.3 Å². The lowest BCUT2D eigenvalue weighted by Gasteiger charge is -2.34. The number of amides is 1. The zero-order chi connectivity index (χ0) is 20.4. The Morgan fingerprint density at radius 3 is 2.59 bits per heavy atom. The number of methoxy groups -OCH3 is 1. The fraction of sp³-hybridized carbons (Fsp3) is 0.333. The van der Waals surface area contributed by atoms with E-state index in [9.17, 15) is 4.79 Å². The lowest BCUT2D eigenvalue weighted by atomic mass is 10.2. The van der Waals surface area contributed by atoms with Gasteiger partial charge in [0, 0.05) is 44.6 Å². The van der Waals surface area contributed by atoms with Gasteiger partial charge in [0.2, 0.25) is 11.9 Å². The quantitative estimate of drug-likeness (QED) is 0.661. The first-order valence-corrected chi connectivity index (χ1v) is 9.53. The summed E-state index contributed by atoms with van der Waals surface area (Å²) in [6.07, 6.45) is 3.68. The Balaban J connectivity index is 1.45. The Kier molecular flexibility index (Phi) is 5.16. The van der Waals surface area contributed by atoms with E-state index in [-0.39, 0.29) is 12.5 Å². The number of hydrogen-bond acceptors (Lipinski definition) is 6. The number of carbonyl (C=O) groups is 1. The second-order valence-corrected chi connectivity index (χ2v) is 7.13. The molecule has 0 atom stereocenters. The molecule has 150 valence electrons. The van der Waals surface area contributed by atoms with Gasteiger partial charge in [-0.05, 0) is 30.7 Å². The molecule has 3 aromatic rings. The second kappa shape index (κ2) is 7.90. The van der Waals surface area contributed by atoms with Crippen LogP contribution in [0, 0.1) is 6.92 Å². The van der Waals surface area contributed by atoms with E-state index in [0.29, 0.717) is 25.6 Å². The molecule has 8 heteroatoms. The summed E-state index contributed by atoms with van der Waals surface area (Å²) in [7, 11) is 3.53. The number of hydrogen-bond donors (Lipinski definition) is 0. The van der Waals surface area contributed by atoms with Gasteiger partial charge in [-0.3, -0.25) is 9.48 Å². The summed E-state index contributed by atoms with van der Waals surface area (Å²) >= 11 is 0. The molecule has 4 rings (SSSR count). The molecule has 1 amide bonds. The molecule has 1 aliphatic rings. The van der Waals surface area contributed by atoms with Crippen molar-refractivity contribution in [2.24, 2.45) is 7.05 Å². The van der Waals surface area contributed by atoms with E-state index in [2.05, 4.69) is 15.1 Å². The normalized spacial score (nSPS) is 14.4. The molecule has 3 heterocycles. The fourth-order valence-corrected chi connectivity index (χ4v) is 3.50. The van der Waals surface area contributed by atoms with Crippen molar-refractivity contribution in [2.45, 2.75) is 13.5 Å². The first kappa shape index (κ1) is 18.9. The van der Waals surface area contributed by atoms with Crippen LogP contribution in [0.4, 0.5) is 5.95 Å². The van der Waals surface area contributed by atoms with Crippen molar-refractivity contribution < 1.29 is 9.53 Å². The highest BCUT2D eigenvalue weighted by atomic mass is 16.5. The summed E-state index contributed by atoms with van der Waals surface area (Å²) in [5, 5.41) is 4.38. The summed E-state index contributed by atoms with van der Waals surface area (Å²) < 4.78 is 6.96. The van der Waals surface area contributed by atoms with Crippen LogP contribution in [0.5, 0.6) is 5.75 Å². The van der Waals surface area contributed by atoms with Crippen LogP contribution in [0.3, 0.4) is 0 Å². The smallest absolute Gasteiger partial charge is 0.242 e. The Hall–Kier alpha value is -3.42. The van der Waals surface area contributed by atoms with Gasteiger partial charge in [-0.1, -0.05) is 12.1 Å². The van der Waals surface area contributed by atoms with E-state index in [1.54, 1.807) is 18.0 Å². The molecule has 29 heavy (non-hydrogen) atoms. The monoisotopic (exact) mass is 392 g/mol. The number of aromatic nitrogens is 4. The van der Waals surface area contributed by atoms with Crippen LogP contribution in [0.25, 0.3) is 11.3 Å². The Morgan fingerprint density at radius 1 is 1.14 bits per heavy atom. The first-order valence-electron chi connectivity index (χ1n) is 9.53. The number of anilines is 1. The molecule has 1 aliphatic heterocycles. The van der Waals surface area contributed by atoms with E-state index in [0.717, 1.165) is 28.3 Å². The van der Waals surface area contributed by atoms with Gasteiger partial charge in [0.1, 0.15) is 12.3 Å². The van der Waals surface area contributed by atoms with Crippen LogP contribution in [-0.2, 0) is 18.4 Å². The third-order valence-corrected chi connectivity index (χ3v) is 5.07. The Bertz CT molecular complexity index is 1010. The van der Waals surface area contributed by atoms with E-state index < -0.39 is 0 Å². The SMILES string of the molecule is COc1ccc(CN2CCN(c3nccc(-c4cn(C)nc4C)n3)CC2=O)cc1. The average molecular weight is 392 g/mol. The molecular formula is C21H24N6O2. The van der Waals surface area contributed by atoms with Crippen molar-refractivity contribution >= 4 is 11.9 Å². The second-order valence-electron chi connectivity index (χ2n) is 7.13. The molecule has 0 spiro atoms. The van der Waals surface area contributed by atoms with Crippen molar-refractivity contribution in [1.29, 1.82) is 0 Å². The van der Waals surface area contributed by atoms with E-state index in [4.69, 9.17) is 4.74 Å². The van der Waals surface area contributed by atoms with Crippen LogP contribution in [0.1, 0.15) is 11.3 Å². The predicted molar refractivity (Wildman–Crippen MR) is 110 cm³/mol. The maximum absolute atomic E-state index is 12.7. The summed E-state index contributed by atoms with van der Waals surface area (Å²) in [6.45, 7) is 4.14.